The minimum absolute atomic E-state index is 0.167. The van der Waals surface area contributed by atoms with Gasteiger partial charge in [0.2, 0.25) is 0 Å². The normalized spacial score (nSPS) is 15.5. The van der Waals surface area contributed by atoms with E-state index in [0.717, 1.165) is 36.3 Å². The fourth-order valence-electron chi connectivity index (χ4n) is 2.18. The zero-order valence-electron chi connectivity index (χ0n) is 10.8. The maximum Gasteiger partial charge on any atom is 0.254 e. The lowest BCUT2D eigenvalue weighted by Crippen LogP contribution is -2.58. The number of carbonyl (C=O) groups is 1. The molecule has 0 spiro atoms. The van der Waals surface area contributed by atoms with Crippen molar-refractivity contribution in [1.82, 2.24) is 10.2 Å². The monoisotopic (exact) mass is 232 g/mol. The molecular weight excluding hydrogens is 212 g/mol. The third kappa shape index (κ3) is 2.34. The molecule has 1 heterocycles. The maximum absolute atomic E-state index is 12.5. The van der Waals surface area contributed by atoms with Crippen molar-refractivity contribution >= 4 is 5.91 Å². The van der Waals surface area contributed by atoms with Gasteiger partial charge in [0.25, 0.3) is 5.91 Å². The van der Waals surface area contributed by atoms with Crippen LogP contribution in [0.4, 0.5) is 0 Å². The van der Waals surface area contributed by atoms with Gasteiger partial charge in [0.05, 0.1) is 6.04 Å². The molecule has 1 fully saturated rings. The van der Waals surface area contributed by atoms with Crippen molar-refractivity contribution in [2.75, 3.05) is 19.6 Å². The molecule has 3 heteroatoms. The van der Waals surface area contributed by atoms with Crippen molar-refractivity contribution in [3.63, 3.8) is 0 Å². The second kappa shape index (κ2) is 4.88. The summed E-state index contributed by atoms with van der Waals surface area (Å²) in [4.78, 5) is 14.5. The summed E-state index contributed by atoms with van der Waals surface area (Å²) in [5.74, 6) is 0.167. The van der Waals surface area contributed by atoms with Crippen molar-refractivity contribution in [2.45, 2.75) is 26.8 Å². The largest absolute Gasteiger partial charge is 0.333 e. The minimum atomic E-state index is 0.167. The zero-order chi connectivity index (χ0) is 12.4. The molecule has 0 aromatic heterocycles. The van der Waals surface area contributed by atoms with E-state index in [9.17, 15) is 4.79 Å². The lowest BCUT2D eigenvalue weighted by molar-refractivity contribution is 0.0629. The SMILES string of the molecule is CCN(C(=O)c1cc(C)ccc1C)C1CNC1. The van der Waals surface area contributed by atoms with E-state index in [0.29, 0.717) is 6.04 Å². The summed E-state index contributed by atoms with van der Waals surface area (Å²) >= 11 is 0. The van der Waals surface area contributed by atoms with Crippen LogP contribution in [0.25, 0.3) is 0 Å². The van der Waals surface area contributed by atoms with Crippen LogP contribution in [0.15, 0.2) is 18.2 Å². The molecule has 1 aliphatic heterocycles. The van der Waals surface area contributed by atoms with E-state index in [1.165, 1.54) is 0 Å². The van der Waals surface area contributed by atoms with Crippen molar-refractivity contribution in [3.8, 4) is 0 Å². The number of rotatable bonds is 3. The van der Waals surface area contributed by atoms with Crippen LogP contribution in [-0.2, 0) is 0 Å². The number of hydrogen-bond acceptors (Lipinski definition) is 2. The Morgan fingerprint density at radius 2 is 2.12 bits per heavy atom. The van der Waals surface area contributed by atoms with Gasteiger partial charge in [0, 0.05) is 25.2 Å². The lowest BCUT2D eigenvalue weighted by atomic mass is 10.0. The molecule has 1 aromatic carbocycles. The van der Waals surface area contributed by atoms with E-state index < -0.39 is 0 Å². The van der Waals surface area contributed by atoms with Gasteiger partial charge in [0.15, 0.2) is 0 Å². The van der Waals surface area contributed by atoms with E-state index >= 15 is 0 Å². The fourth-order valence-corrected chi connectivity index (χ4v) is 2.18. The van der Waals surface area contributed by atoms with Gasteiger partial charge in [-0.3, -0.25) is 4.79 Å². The molecule has 1 saturated heterocycles. The van der Waals surface area contributed by atoms with Gasteiger partial charge < -0.3 is 10.2 Å². The highest BCUT2D eigenvalue weighted by atomic mass is 16.2. The maximum atomic E-state index is 12.5. The molecule has 0 unspecified atom stereocenters. The summed E-state index contributed by atoms with van der Waals surface area (Å²) < 4.78 is 0. The third-order valence-corrected chi connectivity index (χ3v) is 3.43. The van der Waals surface area contributed by atoms with Crippen LogP contribution >= 0.6 is 0 Å². The number of nitrogens with zero attached hydrogens (tertiary/aromatic N) is 1. The summed E-state index contributed by atoms with van der Waals surface area (Å²) in [5.41, 5.74) is 3.05. The molecular formula is C14H20N2O. The second-order valence-electron chi connectivity index (χ2n) is 4.72. The smallest absolute Gasteiger partial charge is 0.254 e. The Morgan fingerprint density at radius 1 is 1.41 bits per heavy atom. The molecule has 3 nitrogen and oxygen atoms in total. The van der Waals surface area contributed by atoms with Gasteiger partial charge in [-0.2, -0.15) is 0 Å². The number of aryl methyl sites for hydroxylation is 2. The van der Waals surface area contributed by atoms with E-state index in [1.807, 2.05) is 43.9 Å². The predicted octanol–water partition coefficient (Wildman–Crippen LogP) is 1.74. The standard InChI is InChI=1S/C14H20N2O/c1-4-16(12-8-15-9-12)14(17)13-7-10(2)5-6-11(13)3/h5-7,12,15H,4,8-9H2,1-3H3. The first-order valence-corrected chi connectivity index (χ1v) is 6.22. The molecule has 0 aliphatic carbocycles. The first kappa shape index (κ1) is 12.1. The Bertz CT molecular complexity index is 424. The molecule has 0 radical (unpaired) electrons. The highest BCUT2D eigenvalue weighted by Crippen LogP contribution is 2.16. The molecule has 1 aliphatic rings. The van der Waals surface area contributed by atoms with Gasteiger partial charge >= 0.3 is 0 Å². The van der Waals surface area contributed by atoms with E-state index in [-0.39, 0.29) is 5.91 Å². The van der Waals surface area contributed by atoms with E-state index in [2.05, 4.69) is 5.32 Å². The Kier molecular flexibility index (Phi) is 3.48. The van der Waals surface area contributed by atoms with Crippen molar-refractivity contribution in [2.24, 2.45) is 0 Å². The fraction of sp³-hybridized carbons (Fsp3) is 0.500. The summed E-state index contributed by atoms with van der Waals surface area (Å²) in [6, 6.07) is 6.43. The van der Waals surface area contributed by atoms with Gasteiger partial charge in [-0.25, -0.2) is 0 Å². The summed E-state index contributed by atoms with van der Waals surface area (Å²) in [5, 5.41) is 3.21. The average molecular weight is 232 g/mol. The van der Waals surface area contributed by atoms with Crippen LogP contribution in [-0.4, -0.2) is 36.5 Å². The van der Waals surface area contributed by atoms with Crippen LogP contribution < -0.4 is 5.32 Å². The Labute approximate surface area is 103 Å². The molecule has 1 amide bonds. The Balaban J connectivity index is 2.25. The quantitative estimate of drug-likeness (QED) is 0.861. The molecule has 92 valence electrons. The number of likely N-dealkylation sites (N-methyl/N-ethyl adjacent to an activating group) is 1. The third-order valence-electron chi connectivity index (χ3n) is 3.43. The zero-order valence-corrected chi connectivity index (χ0v) is 10.8. The lowest BCUT2D eigenvalue weighted by Gasteiger charge is -2.38. The molecule has 0 bridgehead atoms. The first-order valence-electron chi connectivity index (χ1n) is 6.22. The molecule has 2 rings (SSSR count). The average Bonchev–Trinajstić information content (AvgIpc) is 2.25. The minimum Gasteiger partial charge on any atom is -0.333 e. The van der Waals surface area contributed by atoms with Gasteiger partial charge in [-0.1, -0.05) is 17.7 Å². The second-order valence-corrected chi connectivity index (χ2v) is 4.72. The molecule has 0 atom stereocenters. The molecule has 1 N–H and O–H groups in total. The number of amides is 1. The predicted molar refractivity (Wildman–Crippen MR) is 69.3 cm³/mol. The van der Waals surface area contributed by atoms with Crippen molar-refractivity contribution in [3.05, 3.63) is 34.9 Å². The number of carbonyl (C=O) groups excluding carboxylic acids is 1. The van der Waals surface area contributed by atoms with Crippen LogP contribution in [0.2, 0.25) is 0 Å². The highest BCUT2D eigenvalue weighted by molar-refractivity contribution is 5.96. The summed E-state index contributed by atoms with van der Waals surface area (Å²) in [6.45, 7) is 8.69. The van der Waals surface area contributed by atoms with Crippen LogP contribution in [0, 0.1) is 13.8 Å². The van der Waals surface area contributed by atoms with Crippen molar-refractivity contribution in [1.29, 1.82) is 0 Å². The van der Waals surface area contributed by atoms with Crippen LogP contribution in [0.1, 0.15) is 28.4 Å². The number of hydrogen-bond donors (Lipinski definition) is 1. The van der Waals surface area contributed by atoms with Gasteiger partial charge in [-0.15, -0.1) is 0 Å². The van der Waals surface area contributed by atoms with Crippen LogP contribution in [0.3, 0.4) is 0 Å². The highest BCUT2D eigenvalue weighted by Gasteiger charge is 2.28. The Morgan fingerprint density at radius 3 is 2.65 bits per heavy atom. The molecule has 1 aromatic rings. The molecule has 0 saturated carbocycles. The number of benzene rings is 1. The van der Waals surface area contributed by atoms with Crippen LogP contribution in [0.5, 0.6) is 0 Å². The molecule has 17 heavy (non-hydrogen) atoms. The summed E-state index contributed by atoms with van der Waals surface area (Å²) in [6.07, 6.45) is 0. The number of nitrogens with one attached hydrogen (secondary N) is 1. The van der Waals surface area contributed by atoms with E-state index in [1.54, 1.807) is 0 Å². The van der Waals surface area contributed by atoms with Gasteiger partial charge in [-0.05, 0) is 32.4 Å². The summed E-state index contributed by atoms with van der Waals surface area (Å²) in [7, 11) is 0. The first-order chi connectivity index (χ1) is 8.13. The Hall–Kier alpha value is -1.35. The van der Waals surface area contributed by atoms with E-state index in [4.69, 9.17) is 0 Å². The van der Waals surface area contributed by atoms with Crippen molar-refractivity contribution < 1.29 is 4.79 Å². The van der Waals surface area contributed by atoms with Gasteiger partial charge in [0.1, 0.15) is 0 Å². The topological polar surface area (TPSA) is 32.3 Å².